The number of hydroxylamine groups is 1. The molecule has 1 atom stereocenters. The highest BCUT2D eigenvalue weighted by Gasteiger charge is 2.27. The highest BCUT2D eigenvalue weighted by molar-refractivity contribution is 5.78. The molecule has 0 fully saturated rings. The van der Waals surface area contributed by atoms with E-state index in [1.54, 1.807) is 6.92 Å². The van der Waals surface area contributed by atoms with Crippen molar-refractivity contribution >= 4 is 5.91 Å². The normalized spacial score (nSPS) is 13.6. The summed E-state index contributed by atoms with van der Waals surface area (Å²) in [6, 6.07) is -0.207. The van der Waals surface area contributed by atoms with Crippen LogP contribution in [0.1, 0.15) is 6.92 Å². The number of amides is 1. The van der Waals surface area contributed by atoms with E-state index in [4.69, 9.17) is 4.74 Å². The molecule has 0 aliphatic heterocycles. The smallest absolute Gasteiger partial charge is 0.383 e. The molecule has 0 aromatic heterocycles. The van der Waals surface area contributed by atoms with Gasteiger partial charge in [0.15, 0.2) is 6.61 Å². The van der Waals surface area contributed by atoms with Gasteiger partial charge in [0.2, 0.25) is 5.91 Å². The van der Waals surface area contributed by atoms with Crippen molar-refractivity contribution in [2.24, 2.45) is 0 Å². The van der Waals surface area contributed by atoms with E-state index < -0.39 is 18.7 Å². The van der Waals surface area contributed by atoms with Crippen molar-refractivity contribution < 1.29 is 27.5 Å². The third-order valence-corrected chi connectivity index (χ3v) is 1.39. The molecule has 0 saturated heterocycles. The third kappa shape index (κ3) is 9.69. The van der Waals surface area contributed by atoms with Gasteiger partial charge in [0.05, 0.1) is 13.2 Å². The Bertz CT molecular complexity index is 211. The van der Waals surface area contributed by atoms with E-state index in [1.165, 1.54) is 7.11 Å². The number of nitrogens with one attached hydrogen (secondary N) is 2. The highest BCUT2D eigenvalue weighted by Crippen LogP contribution is 2.13. The zero-order valence-corrected chi connectivity index (χ0v) is 9.06. The molecule has 16 heavy (non-hydrogen) atoms. The van der Waals surface area contributed by atoms with Gasteiger partial charge in [-0.15, -0.1) is 0 Å². The van der Waals surface area contributed by atoms with E-state index in [2.05, 4.69) is 10.2 Å². The number of halogens is 3. The number of carbonyl (C=O) groups excluding carboxylic acids is 1. The SMILES string of the molecule is COCC(C)NC(=O)CNOCC(F)(F)F. The average molecular weight is 244 g/mol. The van der Waals surface area contributed by atoms with Crippen LogP contribution in [0.5, 0.6) is 0 Å². The summed E-state index contributed by atoms with van der Waals surface area (Å²) in [6.07, 6.45) is -4.41. The van der Waals surface area contributed by atoms with Crippen LogP contribution in [0.15, 0.2) is 0 Å². The predicted octanol–water partition coefficient (Wildman–Crippen LogP) is 0.221. The number of ether oxygens (including phenoxy) is 1. The summed E-state index contributed by atoms with van der Waals surface area (Å²) >= 11 is 0. The summed E-state index contributed by atoms with van der Waals surface area (Å²) in [4.78, 5) is 15.1. The Labute approximate surface area is 91.2 Å². The van der Waals surface area contributed by atoms with E-state index in [0.717, 1.165) is 0 Å². The van der Waals surface area contributed by atoms with Gasteiger partial charge in [0.25, 0.3) is 0 Å². The molecule has 5 nitrogen and oxygen atoms in total. The Balaban J connectivity index is 3.51. The summed E-state index contributed by atoms with van der Waals surface area (Å²) in [5.74, 6) is -0.466. The molecule has 1 amide bonds. The summed E-state index contributed by atoms with van der Waals surface area (Å²) in [6.45, 7) is 0.255. The van der Waals surface area contributed by atoms with Crippen LogP contribution in [0.2, 0.25) is 0 Å². The molecule has 0 heterocycles. The fourth-order valence-corrected chi connectivity index (χ4v) is 0.867. The Kier molecular flexibility index (Phi) is 7.02. The van der Waals surface area contributed by atoms with Crippen molar-refractivity contribution in [1.29, 1.82) is 0 Å². The van der Waals surface area contributed by atoms with Gasteiger partial charge >= 0.3 is 6.18 Å². The van der Waals surface area contributed by atoms with Crippen molar-refractivity contribution in [1.82, 2.24) is 10.8 Å². The van der Waals surface area contributed by atoms with Crippen LogP contribution < -0.4 is 10.8 Å². The summed E-state index contributed by atoms with van der Waals surface area (Å²) < 4.78 is 39.6. The second-order valence-electron chi connectivity index (χ2n) is 3.15. The maximum absolute atomic E-state index is 11.6. The first kappa shape index (κ1) is 15.1. The van der Waals surface area contributed by atoms with Gasteiger partial charge in [0.1, 0.15) is 0 Å². The fraction of sp³-hybridized carbons (Fsp3) is 0.875. The lowest BCUT2D eigenvalue weighted by atomic mass is 10.3. The van der Waals surface area contributed by atoms with E-state index in [0.29, 0.717) is 6.61 Å². The topological polar surface area (TPSA) is 59.6 Å². The van der Waals surface area contributed by atoms with E-state index in [9.17, 15) is 18.0 Å². The molecule has 0 aromatic rings. The summed E-state index contributed by atoms with van der Waals surface area (Å²) in [7, 11) is 1.48. The Morgan fingerprint density at radius 3 is 2.56 bits per heavy atom. The van der Waals surface area contributed by atoms with Crippen LogP contribution in [0.3, 0.4) is 0 Å². The van der Waals surface area contributed by atoms with Crippen LogP contribution >= 0.6 is 0 Å². The lowest BCUT2D eigenvalue weighted by molar-refractivity contribution is -0.189. The molecule has 8 heteroatoms. The molecule has 0 radical (unpaired) electrons. The van der Waals surface area contributed by atoms with Gasteiger partial charge in [-0.2, -0.15) is 18.7 Å². The number of hydrogen-bond donors (Lipinski definition) is 2. The number of carbonyl (C=O) groups is 1. The Morgan fingerprint density at radius 2 is 2.06 bits per heavy atom. The minimum absolute atomic E-state index is 0.207. The summed E-state index contributed by atoms with van der Waals surface area (Å²) in [5, 5.41) is 2.49. The first-order chi connectivity index (χ1) is 7.35. The molecule has 2 N–H and O–H groups in total. The van der Waals surface area contributed by atoms with Crippen LogP contribution in [0, 0.1) is 0 Å². The van der Waals surface area contributed by atoms with Crippen molar-refractivity contribution in [3.8, 4) is 0 Å². The second-order valence-corrected chi connectivity index (χ2v) is 3.15. The Hall–Kier alpha value is -0.860. The van der Waals surface area contributed by atoms with E-state index in [1.807, 2.05) is 5.48 Å². The summed E-state index contributed by atoms with van der Waals surface area (Å²) in [5.41, 5.74) is 1.92. The molecule has 1 unspecified atom stereocenters. The van der Waals surface area contributed by atoms with Gasteiger partial charge in [-0.25, -0.2) is 0 Å². The molecular formula is C8H15F3N2O3. The molecule has 0 rings (SSSR count). The molecule has 0 aromatic carbocycles. The average Bonchev–Trinajstić information content (AvgIpc) is 2.11. The second kappa shape index (κ2) is 7.42. The highest BCUT2D eigenvalue weighted by atomic mass is 19.4. The van der Waals surface area contributed by atoms with Crippen LogP contribution in [0.25, 0.3) is 0 Å². The van der Waals surface area contributed by atoms with E-state index >= 15 is 0 Å². The quantitative estimate of drug-likeness (QED) is 0.497. The van der Waals surface area contributed by atoms with Crippen LogP contribution in [-0.4, -0.2) is 45.0 Å². The van der Waals surface area contributed by atoms with Gasteiger partial charge in [-0.3, -0.25) is 9.63 Å². The first-order valence-electron chi connectivity index (χ1n) is 4.55. The fourth-order valence-electron chi connectivity index (χ4n) is 0.867. The van der Waals surface area contributed by atoms with Crippen molar-refractivity contribution in [2.45, 2.75) is 19.1 Å². The van der Waals surface area contributed by atoms with Gasteiger partial charge in [0, 0.05) is 13.2 Å². The molecule has 0 saturated carbocycles. The molecule has 0 aliphatic carbocycles. The molecular weight excluding hydrogens is 229 g/mol. The predicted molar refractivity (Wildman–Crippen MR) is 49.5 cm³/mol. The van der Waals surface area contributed by atoms with E-state index in [-0.39, 0.29) is 12.6 Å². The lowest BCUT2D eigenvalue weighted by Crippen LogP contribution is -2.41. The molecule has 0 bridgehead atoms. The molecule has 96 valence electrons. The minimum Gasteiger partial charge on any atom is -0.383 e. The van der Waals surface area contributed by atoms with Gasteiger partial charge in [-0.05, 0) is 6.92 Å². The van der Waals surface area contributed by atoms with Crippen molar-refractivity contribution in [3.05, 3.63) is 0 Å². The first-order valence-corrected chi connectivity index (χ1v) is 4.55. The van der Waals surface area contributed by atoms with Crippen LogP contribution in [-0.2, 0) is 14.4 Å². The number of rotatable bonds is 7. The molecule has 0 aliphatic rings. The number of methoxy groups -OCH3 is 1. The minimum atomic E-state index is -4.41. The molecule has 0 spiro atoms. The number of alkyl halides is 3. The van der Waals surface area contributed by atoms with Crippen molar-refractivity contribution in [2.75, 3.05) is 26.9 Å². The number of hydrogen-bond acceptors (Lipinski definition) is 4. The third-order valence-electron chi connectivity index (χ3n) is 1.39. The zero-order chi connectivity index (χ0) is 12.6. The Morgan fingerprint density at radius 1 is 1.44 bits per heavy atom. The van der Waals surface area contributed by atoms with Gasteiger partial charge in [-0.1, -0.05) is 0 Å². The maximum atomic E-state index is 11.6. The van der Waals surface area contributed by atoms with Gasteiger partial charge < -0.3 is 10.1 Å². The lowest BCUT2D eigenvalue weighted by Gasteiger charge is -2.13. The van der Waals surface area contributed by atoms with Crippen LogP contribution in [0.4, 0.5) is 13.2 Å². The standard InChI is InChI=1S/C8H15F3N2O3/c1-6(4-15-2)13-7(14)3-12-16-5-8(9,10)11/h6,12H,3-5H2,1-2H3,(H,13,14). The zero-order valence-electron chi connectivity index (χ0n) is 9.06. The monoisotopic (exact) mass is 244 g/mol. The largest absolute Gasteiger partial charge is 0.413 e. The van der Waals surface area contributed by atoms with Crippen molar-refractivity contribution in [3.63, 3.8) is 0 Å². The maximum Gasteiger partial charge on any atom is 0.413 e.